The number of esters is 2. The van der Waals surface area contributed by atoms with Gasteiger partial charge in [0.05, 0.1) is 54.3 Å². The van der Waals surface area contributed by atoms with E-state index in [4.69, 9.17) is 15.2 Å². The maximum atomic E-state index is 13.8. The van der Waals surface area contributed by atoms with Gasteiger partial charge in [0.15, 0.2) is 0 Å². The molecule has 1 aliphatic heterocycles. The van der Waals surface area contributed by atoms with Gasteiger partial charge in [0.25, 0.3) is 0 Å². The Morgan fingerprint density at radius 2 is 1.74 bits per heavy atom. The standard InChI is InChI=1S/C25H19F3N6O4/c1-37-23(35)20-19(14-6-4-3-5-7-14)16(11-29)22(30)34(21(20)24(36)38-2)18-10-15(25(26,27)28)8-9-17(18)33-13-31-12-32-33/h3-10,12-13,19H,30H2,1-2H3. The molecule has 0 radical (unpaired) electrons. The monoisotopic (exact) mass is 524 g/mol. The van der Waals surface area contributed by atoms with Gasteiger partial charge < -0.3 is 15.2 Å². The van der Waals surface area contributed by atoms with Crippen LogP contribution in [-0.4, -0.2) is 40.9 Å². The number of anilines is 1. The quantitative estimate of drug-likeness (QED) is 0.499. The fourth-order valence-corrected chi connectivity index (χ4v) is 4.17. The molecule has 0 bridgehead atoms. The number of hydrogen-bond acceptors (Lipinski definition) is 9. The minimum Gasteiger partial charge on any atom is -0.466 e. The Morgan fingerprint density at radius 3 is 2.29 bits per heavy atom. The molecule has 2 N–H and O–H groups in total. The first kappa shape index (κ1) is 26.0. The smallest absolute Gasteiger partial charge is 0.416 e. The van der Waals surface area contributed by atoms with Crippen LogP contribution in [-0.2, 0) is 25.2 Å². The lowest BCUT2D eigenvalue weighted by molar-refractivity contribution is -0.139. The normalized spacial score (nSPS) is 15.8. The molecular formula is C25H19F3N6O4. The molecule has 1 aliphatic rings. The lowest BCUT2D eigenvalue weighted by Crippen LogP contribution is -2.41. The Hall–Kier alpha value is -5.12. The van der Waals surface area contributed by atoms with E-state index in [1.807, 2.05) is 6.07 Å². The average molecular weight is 524 g/mol. The number of nitrogens with zero attached hydrogens (tertiary/aromatic N) is 5. The van der Waals surface area contributed by atoms with Crippen LogP contribution in [0.3, 0.4) is 0 Å². The Labute approximate surface area is 214 Å². The number of rotatable bonds is 5. The maximum Gasteiger partial charge on any atom is 0.416 e. The minimum absolute atomic E-state index is 0.0134. The van der Waals surface area contributed by atoms with Crippen LogP contribution in [0.1, 0.15) is 17.0 Å². The number of ether oxygens (including phenoxy) is 2. The molecule has 13 heteroatoms. The highest BCUT2D eigenvalue weighted by molar-refractivity contribution is 6.06. The second kappa shape index (κ2) is 10.1. The number of hydrogen-bond donors (Lipinski definition) is 1. The van der Waals surface area contributed by atoms with Gasteiger partial charge in [0.1, 0.15) is 24.2 Å². The van der Waals surface area contributed by atoms with Crippen LogP contribution in [0.5, 0.6) is 0 Å². The van der Waals surface area contributed by atoms with Gasteiger partial charge in [-0.2, -0.15) is 23.5 Å². The number of halogens is 3. The number of nitrogens with two attached hydrogens (primary N) is 1. The number of methoxy groups -OCH3 is 2. The van der Waals surface area contributed by atoms with Crippen LogP contribution in [0.4, 0.5) is 18.9 Å². The first-order valence-corrected chi connectivity index (χ1v) is 10.9. The van der Waals surface area contributed by atoms with Gasteiger partial charge in [-0.1, -0.05) is 30.3 Å². The molecule has 1 unspecified atom stereocenters. The van der Waals surface area contributed by atoms with E-state index in [-0.39, 0.29) is 22.5 Å². The van der Waals surface area contributed by atoms with Crippen LogP contribution in [0.2, 0.25) is 0 Å². The third-order valence-corrected chi connectivity index (χ3v) is 5.82. The second-order valence-electron chi connectivity index (χ2n) is 7.88. The molecule has 10 nitrogen and oxygen atoms in total. The number of nitriles is 1. The highest BCUT2D eigenvalue weighted by atomic mass is 19.4. The van der Waals surface area contributed by atoms with E-state index < -0.39 is 41.1 Å². The van der Waals surface area contributed by atoms with Gasteiger partial charge >= 0.3 is 18.1 Å². The Balaban J connectivity index is 2.15. The van der Waals surface area contributed by atoms with Crippen molar-refractivity contribution in [1.29, 1.82) is 5.26 Å². The average Bonchev–Trinajstić information content (AvgIpc) is 3.46. The van der Waals surface area contributed by atoms with Crippen molar-refractivity contribution in [1.82, 2.24) is 14.8 Å². The first-order chi connectivity index (χ1) is 18.1. The number of alkyl halides is 3. The van der Waals surface area contributed by atoms with E-state index in [2.05, 4.69) is 10.1 Å². The van der Waals surface area contributed by atoms with E-state index in [0.717, 1.165) is 48.3 Å². The summed E-state index contributed by atoms with van der Waals surface area (Å²) in [6.07, 6.45) is -2.41. The van der Waals surface area contributed by atoms with Crippen molar-refractivity contribution >= 4 is 17.6 Å². The molecule has 2 heterocycles. The lowest BCUT2D eigenvalue weighted by Gasteiger charge is -2.36. The summed E-state index contributed by atoms with van der Waals surface area (Å²) in [7, 11) is 2.10. The Morgan fingerprint density at radius 1 is 1.05 bits per heavy atom. The number of carbonyl (C=O) groups is 2. The van der Waals surface area contributed by atoms with Crippen LogP contribution < -0.4 is 10.6 Å². The molecule has 4 rings (SSSR count). The van der Waals surface area contributed by atoms with Crippen LogP contribution in [0, 0.1) is 11.3 Å². The number of benzene rings is 2. The molecule has 0 aliphatic carbocycles. The molecular weight excluding hydrogens is 505 g/mol. The molecule has 0 fully saturated rings. The summed E-state index contributed by atoms with van der Waals surface area (Å²) in [5.41, 5.74) is 4.37. The summed E-state index contributed by atoms with van der Waals surface area (Å²) >= 11 is 0. The molecule has 2 aromatic carbocycles. The molecule has 38 heavy (non-hydrogen) atoms. The van der Waals surface area contributed by atoms with E-state index in [9.17, 15) is 28.0 Å². The van der Waals surface area contributed by atoms with Gasteiger partial charge in [-0.05, 0) is 23.8 Å². The van der Waals surface area contributed by atoms with E-state index in [1.54, 1.807) is 30.3 Å². The van der Waals surface area contributed by atoms with E-state index in [1.165, 1.54) is 6.33 Å². The maximum absolute atomic E-state index is 13.8. The zero-order chi connectivity index (χ0) is 27.6. The van der Waals surface area contributed by atoms with Gasteiger partial charge in [0, 0.05) is 0 Å². The van der Waals surface area contributed by atoms with Crippen LogP contribution >= 0.6 is 0 Å². The fraction of sp³-hybridized carbons (Fsp3) is 0.160. The zero-order valence-corrected chi connectivity index (χ0v) is 19.9. The van der Waals surface area contributed by atoms with Crippen molar-refractivity contribution in [3.05, 3.63) is 95.0 Å². The van der Waals surface area contributed by atoms with Gasteiger partial charge in [-0.25, -0.2) is 19.3 Å². The third kappa shape index (κ3) is 4.43. The van der Waals surface area contributed by atoms with Gasteiger partial charge in [-0.3, -0.25) is 4.90 Å². The summed E-state index contributed by atoms with van der Waals surface area (Å²) in [5, 5.41) is 14.1. The molecule has 1 atom stereocenters. The summed E-state index contributed by atoms with van der Waals surface area (Å²) < 4.78 is 52.4. The molecule has 0 spiro atoms. The first-order valence-electron chi connectivity index (χ1n) is 10.9. The molecule has 194 valence electrons. The van der Waals surface area contributed by atoms with Crippen molar-refractivity contribution in [2.75, 3.05) is 19.1 Å². The lowest BCUT2D eigenvalue weighted by atomic mass is 9.81. The summed E-state index contributed by atoms with van der Waals surface area (Å²) in [4.78, 5) is 31.1. The second-order valence-corrected chi connectivity index (χ2v) is 7.88. The van der Waals surface area contributed by atoms with E-state index >= 15 is 0 Å². The highest BCUT2D eigenvalue weighted by Gasteiger charge is 2.44. The van der Waals surface area contributed by atoms with Crippen molar-refractivity contribution < 1.29 is 32.2 Å². The summed E-state index contributed by atoms with van der Waals surface area (Å²) in [6.45, 7) is 0. The molecule has 3 aromatic rings. The Bertz CT molecular complexity index is 1490. The van der Waals surface area contributed by atoms with E-state index in [0.29, 0.717) is 5.56 Å². The van der Waals surface area contributed by atoms with Crippen molar-refractivity contribution in [2.45, 2.75) is 12.1 Å². The predicted octanol–water partition coefficient (Wildman–Crippen LogP) is 3.18. The van der Waals surface area contributed by atoms with Gasteiger partial charge in [-0.15, -0.1) is 0 Å². The zero-order valence-electron chi connectivity index (χ0n) is 19.9. The number of aromatic nitrogens is 3. The topological polar surface area (TPSA) is 136 Å². The summed E-state index contributed by atoms with van der Waals surface area (Å²) in [5.74, 6) is -3.69. The fourth-order valence-electron chi connectivity index (χ4n) is 4.17. The predicted molar refractivity (Wildman–Crippen MR) is 126 cm³/mol. The van der Waals surface area contributed by atoms with Crippen LogP contribution in [0.25, 0.3) is 5.69 Å². The molecule has 0 amide bonds. The van der Waals surface area contributed by atoms with Crippen LogP contribution in [0.15, 0.2) is 83.8 Å². The molecule has 0 saturated carbocycles. The SMILES string of the molecule is COC(=O)C1=C(C(=O)OC)N(c2cc(C(F)(F)F)ccc2-n2cncn2)C(N)=C(C#N)C1c1ccccc1. The number of allylic oxidation sites excluding steroid dienone is 1. The minimum atomic E-state index is -4.78. The summed E-state index contributed by atoms with van der Waals surface area (Å²) in [6, 6.07) is 12.8. The van der Waals surface area contributed by atoms with Crippen molar-refractivity contribution in [2.24, 2.45) is 5.73 Å². The van der Waals surface area contributed by atoms with Crippen molar-refractivity contribution in [3.8, 4) is 11.8 Å². The largest absolute Gasteiger partial charge is 0.466 e. The number of carbonyl (C=O) groups excluding carboxylic acids is 2. The highest BCUT2D eigenvalue weighted by Crippen LogP contribution is 2.45. The molecule has 1 aromatic heterocycles. The van der Waals surface area contributed by atoms with Gasteiger partial charge in [0.2, 0.25) is 0 Å². The van der Waals surface area contributed by atoms with Crippen molar-refractivity contribution in [3.63, 3.8) is 0 Å². The molecule has 0 saturated heterocycles. The Kier molecular flexibility index (Phi) is 6.89. The third-order valence-electron chi connectivity index (χ3n) is 5.82.